The normalized spacial score (nSPS) is 10.1. The van der Waals surface area contributed by atoms with Gasteiger partial charge in [0.1, 0.15) is 12.4 Å². The summed E-state index contributed by atoms with van der Waals surface area (Å²) in [4.78, 5) is 26.7. The zero-order valence-electron chi connectivity index (χ0n) is 17.2. The number of hydrogen-bond donors (Lipinski definition) is 1. The molecule has 156 valence electrons. The largest absolute Gasteiger partial charge is 0.489 e. The Labute approximate surface area is 185 Å². The van der Waals surface area contributed by atoms with Gasteiger partial charge < -0.3 is 15.0 Å². The molecule has 3 aromatic carbocycles. The van der Waals surface area contributed by atoms with Crippen LogP contribution in [0.2, 0.25) is 0 Å². The third kappa shape index (κ3) is 6.11. The van der Waals surface area contributed by atoms with E-state index in [1.165, 1.54) is 4.90 Å². The molecule has 0 unspecified atom stereocenters. The molecule has 0 atom stereocenters. The predicted octanol–water partition coefficient (Wildman–Crippen LogP) is 5.16. The van der Waals surface area contributed by atoms with Gasteiger partial charge in [-0.2, -0.15) is 5.26 Å². The van der Waals surface area contributed by atoms with Crippen molar-refractivity contribution >= 4 is 28.6 Å². The molecule has 3 rings (SSSR count). The van der Waals surface area contributed by atoms with Crippen LogP contribution in [-0.4, -0.2) is 30.1 Å². The summed E-state index contributed by atoms with van der Waals surface area (Å²) in [6, 6.07) is 23.3. The van der Waals surface area contributed by atoms with E-state index in [9.17, 15) is 14.9 Å². The first-order valence-electron chi connectivity index (χ1n) is 9.47. The van der Waals surface area contributed by atoms with Crippen LogP contribution in [-0.2, 0) is 6.61 Å². The lowest BCUT2D eigenvalue weighted by molar-refractivity contribution is 0.102. The summed E-state index contributed by atoms with van der Waals surface area (Å²) in [6.07, 6.45) is 0. The number of nitrogens with one attached hydrogen (secondary N) is 1. The highest BCUT2D eigenvalue weighted by Gasteiger charge is 2.10. The minimum atomic E-state index is -0.271. The second-order valence-electron chi connectivity index (χ2n) is 6.83. The molecule has 0 aliphatic carbocycles. The Hall–Kier alpha value is -3.76. The number of thioether (sulfide) groups is 1. The Morgan fingerprint density at radius 2 is 1.77 bits per heavy atom. The van der Waals surface area contributed by atoms with Crippen LogP contribution < -0.4 is 10.1 Å². The molecule has 0 fully saturated rings. The van der Waals surface area contributed by atoms with Crippen LogP contribution in [0.3, 0.4) is 0 Å². The second-order valence-corrected chi connectivity index (χ2v) is 7.85. The molecule has 0 saturated carbocycles. The van der Waals surface area contributed by atoms with Crippen molar-refractivity contribution < 1.29 is 14.3 Å². The van der Waals surface area contributed by atoms with Gasteiger partial charge in [-0.3, -0.25) is 9.59 Å². The van der Waals surface area contributed by atoms with Gasteiger partial charge in [0.25, 0.3) is 11.1 Å². The highest BCUT2D eigenvalue weighted by Crippen LogP contribution is 2.23. The molecule has 0 bridgehead atoms. The van der Waals surface area contributed by atoms with Crippen LogP contribution in [0.5, 0.6) is 5.75 Å². The minimum absolute atomic E-state index is 0.0639. The molecule has 6 nitrogen and oxygen atoms in total. The average molecular weight is 432 g/mol. The number of nitriles is 1. The fourth-order valence-electron chi connectivity index (χ4n) is 2.65. The molecule has 1 N–H and O–H groups in total. The van der Waals surface area contributed by atoms with Crippen molar-refractivity contribution in [2.24, 2.45) is 0 Å². The van der Waals surface area contributed by atoms with Crippen molar-refractivity contribution in [3.8, 4) is 11.8 Å². The number of amides is 2. The molecule has 0 aromatic heterocycles. The minimum Gasteiger partial charge on any atom is -0.489 e. The van der Waals surface area contributed by atoms with E-state index in [0.717, 1.165) is 22.2 Å². The third-order valence-electron chi connectivity index (χ3n) is 4.31. The predicted molar refractivity (Wildman–Crippen MR) is 121 cm³/mol. The van der Waals surface area contributed by atoms with Crippen molar-refractivity contribution in [2.75, 3.05) is 19.4 Å². The van der Waals surface area contributed by atoms with Crippen LogP contribution in [0, 0.1) is 11.3 Å². The molecular formula is C24H21N3O3S. The van der Waals surface area contributed by atoms with E-state index in [2.05, 4.69) is 11.4 Å². The highest BCUT2D eigenvalue weighted by molar-refractivity contribution is 8.13. The highest BCUT2D eigenvalue weighted by atomic mass is 32.2. The number of anilines is 1. The lowest BCUT2D eigenvalue weighted by atomic mass is 10.1. The average Bonchev–Trinajstić information content (AvgIpc) is 2.79. The van der Waals surface area contributed by atoms with E-state index in [4.69, 9.17) is 4.74 Å². The van der Waals surface area contributed by atoms with Gasteiger partial charge in [-0.1, -0.05) is 24.3 Å². The number of rotatable bonds is 6. The molecule has 0 saturated heterocycles. The van der Waals surface area contributed by atoms with Crippen molar-refractivity contribution in [1.82, 2.24) is 4.90 Å². The molecule has 0 aliphatic rings. The molecule has 0 spiro atoms. The summed E-state index contributed by atoms with van der Waals surface area (Å²) in [5.74, 6) is 0.266. The quantitative estimate of drug-likeness (QED) is 0.545. The van der Waals surface area contributed by atoms with E-state index in [0.29, 0.717) is 22.6 Å². The summed E-state index contributed by atoms with van der Waals surface area (Å²) in [5.41, 5.74) is 2.42. The number of hydrogen-bond acceptors (Lipinski definition) is 5. The van der Waals surface area contributed by atoms with Gasteiger partial charge in [0.15, 0.2) is 0 Å². The molecular weight excluding hydrogens is 410 g/mol. The number of carbonyl (C=O) groups is 2. The number of ether oxygens (including phenoxy) is 1. The van der Waals surface area contributed by atoms with Crippen molar-refractivity contribution in [1.29, 1.82) is 5.26 Å². The monoisotopic (exact) mass is 431 g/mol. The van der Waals surface area contributed by atoms with E-state index >= 15 is 0 Å². The molecule has 7 heteroatoms. The van der Waals surface area contributed by atoms with Gasteiger partial charge in [-0.25, -0.2) is 0 Å². The van der Waals surface area contributed by atoms with Crippen molar-refractivity contribution in [3.05, 3.63) is 89.5 Å². The zero-order valence-corrected chi connectivity index (χ0v) is 18.0. The second kappa shape index (κ2) is 10.3. The topological polar surface area (TPSA) is 82.4 Å². The van der Waals surface area contributed by atoms with E-state index in [1.54, 1.807) is 74.8 Å². The molecule has 0 aliphatic heterocycles. The van der Waals surface area contributed by atoms with Crippen LogP contribution in [0.4, 0.5) is 10.5 Å². The first-order chi connectivity index (χ1) is 15.0. The summed E-state index contributed by atoms with van der Waals surface area (Å²) in [7, 11) is 3.40. The fourth-order valence-corrected chi connectivity index (χ4v) is 3.30. The van der Waals surface area contributed by atoms with Crippen LogP contribution in [0.1, 0.15) is 21.5 Å². The summed E-state index contributed by atoms with van der Waals surface area (Å²) in [6.45, 7) is 0.236. The molecule has 0 heterocycles. The molecule has 0 radical (unpaired) electrons. The van der Waals surface area contributed by atoms with Crippen molar-refractivity contribution in [3.63, 3.8) is 0 Å². The Bertz CT molecular complexity index is 1120. The maximum atomic E-state index is 12.6. The third-order valence-corrected chi connectivity index (χ3v) is 5.36. The summed E-state index contributed by atoms with van der Waals surface area (Å²) in [5, 5.41) is 12.0. The maximum Gasteiger partial charge on any atom is 0.285 e. The molecule has 3 aromatic rings. The Morgan fingerprint density at radius 1 is 1.03 bits per heavy atom. The SMILES string of the molecule is CN(C)C(=O)Sc1ccc(NC(=O)c2cccc(OCc3ccccc3C#N)c2)cc1. The van der Waals surface area contributed by atoms with Gasteiger partial charge in [-0.05, 0) is 60.3 Å². The van der Waals surface area contributed by atoms with E-state index < -0.39 is 0 Å². The zero-order chi connectivity index (χ0) is 22.2. The molecule has 2 amide bonds. The summed E-state index contributed by atoms with van der Waals surface area (Å²) < 4.78 is 5.78. The molecule has 31 heavy (non-hydrogen) atoms. The van der Waals surface area contributed by atoms with E-state index in [-0.39, 0.29) is 17.8 Å². The lowest BCUT2D eigenvalue weighted by Crippen LogP contribution is -2.16. The van der Waals surface area contributed by atoms with Gasteiger partial charge in [0.05, 0.1) is 11.6 Å². The van der Waals surface area contributed by atoms with Gasteiger partial charge in [0.2, 0.25) is 0 Å². The Kier molecular flexibility index (Phi) is 7.31. The Morgan fingerprint density at radius 3 is 2.48 bits per heavy atom. The summed E-state index contributed by atoms with van der Waals surface area (Å²) >= 11 is 1.12. The van der Waals surface area contributed by atoms with Crippen molar-refractivity contribution in [2.45, 2.75) is 11.5 Å². The number of benzene rings is 3. The fraction of sp³-hybridized carbons (Fsp3) is 0.125. The lowest BCUT2D eigenvalue weighted by Gasteiger charge is -2.11. The smallest absolute Gasteiger partial charge is 0.285 e. The van der Waals surface area contributed by atoms with Crippen LogP contribution >= 0.6 is 11.8 Å². The van der Waals surface area contributed by atoms with Gasteiger partial charge in [0, 0.05) is 35.8 Å². The Balaban J connectivity index is 1.62. The van der Waals surface area contributed by atoms with E-state index in [1.807, 2.05) is 12.1 Å². The van der Waals surface area contributed by atoms with Gasteiger partial charge >= 0.3 is 0 Å². The maximum absolute atomic E-state index is 12.6. The first-order valence-corrected chi connectivity index (χ1v) is 10.3. The van der Waals surface area contributed by atoms with Crippen LogP contribution in [0.25, 0.3) is 0 Å². The number of carbonyl (C=O) groups excluding carboxylic acids is 2. The number of nitrogens with zero attached hydrogens (tertiary/aromatic N) is 2. The first kappa shape index (κ1) is 21.9. The standard InChI is InChI=1S/C24H21N3O3S/c1-27(2)24(29)31-22-12-10-20(11-13-22)26-23(28)17-8-5-9-21(14-17)30-16-19-7-4-3-6-18(19)15-25/h3-14H,16H2,1-2H3,(H,26,28). The van der Waals surface area contributed by atoms with Crippen LogP contribution in [0.15, 0.2) is 77.7 Å². The van der Waals surface area contributed by atoms with Gasteiger partial charge in [-0.15, -0.1) is 0 Å².